The Morgan fingerprint density at radius 1 is 0.895 bits per heavy atom. The van der Waals surface area contributed by atoms with Gasteiger partial charge in [0, 0.05) is 21.8 Å². The summed E-state index contributed by atoms with van der Waals surface area (Å²) < 4.78 is 1.87. The van der Waals surface area contributed by atoms with Crippen molar-refractivity contribution in [3.8, 4) is 16.9 Å². The van der Waals surface area contributed by atoms with Crippen LogP contribution in [0.5, 0.6) is 0 Å². The first-order chi connectivity index (χ1) is 18.4. The predicted octanol–water partition coefficient (Wildman–Crippen LogP) is 9.45. The lowest BCUT2D eigenvalue weighted by molar-refractivity contribution is 0.462. The molecule has 4 nitrogen and oxygen atoms in total. The smallest absolute Gasteiger partial charge is 0.164 e. The number of nitrogens with zero attached hydrogens (tertiary/aromatic N) is 4. The van der Waals surface area contributed by atoms with E-state index in [1.807, 2.05) is 58.2 Å². The maximum Gasteiger partial charge on any atom is 0.164 e. The van der Waals surface area contributed by atoms with E-state index >= 15 is 0 Å². The summed E-state index contributed by atoms with van der Waals surface area (Å²) in [6.07, 6.45) is 5.64. The number of allylic oxidation sites excluding steroid dienone is 2. The SMILES string of the molecule is CCCc1ccc(-c2nn(-c3ccccc3)c3c2[C@@H](c2ccc(Cl)cc2Cl)N2C=C(Cl)C=C(Cl)C2=N3)cc1. The van der Waals surface area contributed by atoms with E-state index in [-0.39, 0.29) is 0 Å². The number of fused-ring (bicyclic) bond motifs is 2. The first-order valence-electron chi connectivity index (χ1n) is 12.3. The van der Waals surface area contributed by atoms with Gasteiger partial charge < -0.3 is 4.90 Å². The van der Waals surface area contributed by atoms with Crippen LogP contribution in [0.2, 0.25) is 10.0 Å². The molecule has 6 rings (SSSR count). The summed E-state index contributed by atoms with van der Waals surface area (Å²) >= 11 is 26.3. The zero-order chi connectivity index (χ0) is 26.4. The van der Waals surface area contributed by atoms with E-state index in [0.717, 1.165) is 40.9 Å². The molecule has 0 saturated carbocycles. The van der Waals surface area contributed by atoms with Crippen molar-refractivity contribution in [1.29, 1.82) is 0 Å². The number of hydrogen-bond donors (Lipinski definition) is 0. The Hall–Kier alpha value is -3.02. The molecule has 3 aromatic carbocycles. The predicted molar refractivity (Wildman–Crippen MR) is 158 cm³/mol. The highest BCUT2D eigenvalue weighted by molar-refractivity contribution is 6.45. The molecule has 190 valence electrons. The van der Waals surface area contributed by atoms with E-state index in [4.69, 9.17) is 56.5 Å². The lowest BCUT2D eigenvalue weighted by Crippen LogP contribution is -2.36. The number of aromatic nitrogens is 2. The van der Waals surface area contributed by atoms with Crippen LogP contribution in [0.1, 0.15) is 36.1 Å². The highest BCUT2D eigenvalue weighted by Gasteiger charge is 2.39. The maximum atomic E-state index is 6.83. The van der Waals surface area contributed by atoms with Crippen molar-refractivity contribution in [2.45, 2.75) is 25.8 Å². The summed E-state index contributed by atoms with van der Waals surface area (Å²) in [7, 11) is 0. The second-order valence-corrected chi connectivity index (χ2v) is 10.9. The summed E-state index contributed by atoms with van der Waals surface area (Å²) in [5, 5.41) is 7.14. The first-order valence-corrected chi connectivity index (χ1v) is 13.8. The fourth-order valence-corrected chi connectivity index (χ4v) is 6.02. The molecule has 0 saturated heterocycles. The van der Waals surface area contributed by atoms with E-state index in [1.165, 1.54) is 5.56 Å². The van der Waals surface area contributed by atoms with Crippen molar-refractivity contribution < 1.29 is 0 Å². The first kappa shape index (κ1) is 25.3. The Labute approximate surface area is 241 Å². The van der Waals surface area contributed by atoms with Crippen LogP contribution < -0.4 is 0 Å². The van der Waals surface area contributed by atoms with Crippen LogP contribution in [-0.2, 0) is 6.42 Å². The van der Waals surface area contributed by atoms with Crippen LogP contribution in [0, 0.1) is 0 Å². The van der Waals surface area contributed by atoms with Crippen LogP contribution in [-0.4, -0.2) is 20.5 Å². The Morgan fingerprint density at radius 3 is 2.37 bits per heavy atom. The van der Waals surface area contributed by atoms with Gasteiger partial charge in [0.1, 0.15) is 5.69 Å². The highest BCUT2D eigenvalue weighted by Crippen LogP contribution is 2.49. The number of aryl methyl sites for hydroxylation is 1. The zero-order valence-corrected chi connectivity index (χ0v) is 23.4. The molecule has 2 aliphatic heterocycles. The maximum absolute atomic E-state index is 6.83. The summed E-state index contributed by atoms with van der Waals surface area (Å²) in [5.74, 6) is 1.26. The lowest BCUT2D eigenvalue weighted by atomic mass is 9.92. The van der Waals surface area contributed by atoms with Crippen LogP contribution in [0.3, 0.4) is 0 Å². The summed E-state index contributed by atoms with van der Waals surface area (Å²) in [6, 6.07) is 23.6. The van der Waals surface area contributed by atoms with Crippen molar-refractivity contribution in [3.05, 3.63) is 122 Å². The molecule has 1 atom stereocenters. The Balaban J connectivity index is 1.67. The normalized spacial score (nSPS) is 16.4. The van der Waals surface area contributed by atoms with Gasteiger partial charge >= 0.3 is 0 Å². The molecule has 3 heterocycles. The molecule has 0 radical (unpaired) electrons. The van der Waals surface area contributed by atoms with Gasteiger partial charge in [0.2, 0.25) is 0 Å². The topological polar surface area (TPSA) is 33.4 Å². The Bertz CT molecular complexity index is 1620. The van der Waals surface area contributed by atoms with E-state index in [2.05, 4.69) is 31.2 Å². The molecule has 1 aromatic heterocycles. The molecular weight excluding hydrogens is 558 g/mol. The number of halogens is 4. The number of amidine groups is 1. The fraction of sp³-hybridized carbons (Fsp3) is 0.133. The average molecular weight is 580 g/mol. The van der Waals surface area contributed by atoms with Gasteiger partial charge in [-0.2, -0.15) is 5.10 Å². The van der Waals surface area contributed by atoms with E-state index in [9.17, 15) is 0 Å². The fourth-order valence-electron chi connectivity index (χ4n) is 4.98. The standard InChI is InChI=1S/C30H22Cl4N4/c1-2-6-18-9-11-19(12-10-18)27-26-28(23-14-13-20(31)15-24(23)33)37-17-21(32)16-25(34)29(37)35-30(26)38(36-27)22-7-4-3-5-8-22/h3-5,7-17,28H,2,6H2,1H3/t28-/m1/s1. The highest BCUT2D eigenvalue weighted by atomic mass is 35.5. The monoisotopic (exact) mass is 578 g/mol. The number of benzene rings is 3. The number of hydrogen-bond acceptors (Lipinski definition) is 3. The molecule has 0 bridgehead atoms. The van der Waals surface area contributed by atoms with Crippen LogP contribution in [0.15, 0.2) is 100 Å². The summed E-state index contributed by atoms with van der Waals surface area (Å²) in [6.45, 7) is 2.18. The largest absolute Gasteiger partial charge is 0.318 e. The van der Waals surface area contributed by atoms with Gasteiger partial charge in [-0.25, -0.2) is 9.67 Å². The second-order valence-electron chi connectivity index (χ2n) is 9.20. The molecule has 0 spiro atoms. The van der Waals surface area contributed by atoms with E-state index in [1.54, 1.807) is 12.1 Å². The van der Waals surface area contributed by atoms with Crippen LogP contribution in [0.4, 0.5) is 5.82 Å². The number of aliphatic imine (C=N–C) groups is 1. The Morgan fingerprint density at radius 2 is 1.66 bits per heavy atom. The molecule has 0 fully saturated rings. The average Bonchev–Trinajstić information content (AvgIpc) is 3.29. The lowest BCUT2D eigenvalue weighted by Gasteiger charge is -2.37. The summed E-state index contributed by atoms with van der Waals surface area (Å²) in [5.41, 5.74) is 5.71. The van der Waals surface area contributed by atoms with Crippen LogP contribution in [0.25, 0.3) is 16.9 Å². The van der Waals surface area contributed by atoms with Crippen LogP contribution >= 0.6 is 46.4 Å². The quantitative estimate of drug-likeness (QED) is 0.236. The molecule has 0 amide bonds. The van der Waals surface area contributed by atoms with Crippen molar-refractivity contribution in [1.82, 2.24) is 14.7 Å². The van der Waals surface area contributed by atoms with E-state index in [0.29, 0.717) is 31.8 Å². The van der Waals surface area contributed by atoms with E-state index < -0.39 is 6.04 Å². The molecule has 0 N–H and O–H groups in total. The third-order valence-corrected chi connectivity index (χ3v) is 7.72. The van der Waals surface area contributed by atoms with Crippen molar-refractivity contribution in [3.63, 3.8) is 0 Å². The van der Waals surface area contributed by atoms with Gasteiger partial charge in [-0.15, -0.1) is 0 Å². The van der Waals surface area contributed by atoms with Gasteiger partial charge in [-0.1, -0.05) is 108 Å². The van der Waals surface area contributed by atoms with Gasteiger partial charge in [0.15, 0.2) is 11.7 Å². The Kier molecular flexibility index (Phi) is 6.83. The zero-order valence-electron chi connectivity index (χ0n) is 20.4. The van der Waals surface area contributed by atoms with Crippen molar-refractivity contribution >= 4 is 58.1 Å². The molecule has 0 unspecified atom stereocenters. The molecule has 4 aromatic rings. The van der Waals surface area contributed by atoms with Crippen molar-refractivity contribution in [2.75, 3.05) is 0 Å². The minimum absolute atomic E-state index is 0.402. The number of rotatable bonds is 5. The third kappa shape index (κ3) is 4.46. The third-order valence-electron chi connectivity index (χ3n) is 6.67. The second kappa shape index (κ2) is 10.3. The minimum Gasteiger partial charge on any atom is -0.318 e. The molecule has 38 heavy (non-hydrogen) atoms. The molecule has 0 aliphatic carbocycles. The van der Waals surface area contributed by atoms with Gasteiger partial charge in [0.25, 0.3) is 0 Å². The molecular formula is C30H22Cl4N4. The summed E-state index contributed by atoms with van der Waals surface area (Å²) in [4.78, 5) is 7.01. The van der Waals surface area contributed by atoms with Gasteiger partial charge in [-0.3, -0.25) is 0 Å². The van der Waals surface area contributed by atoms with Gasteiger partial charge in [0.05, 0.1) is 27.4 Å². The van der Waals surface area contributed by atoms with Crippen molar-refractivity contribution in [2.24, 2.45) is 4.99 Å². The molecule has 2 aliphatic rings. The number of para-hydroxylation sites is 1. The minimum atomic E-state index is -0.402. The van der Waals surface area contributed by atoms with Gasteiger partial charge in [-0.05, 0) is 47.9 Å². The molecule has 8 heteroatoms.